The zero-order valence-corrected chi connectivity index (χ0v) is 21.1. The summed E-state index contributed by atoms with van der Waals surface area (Å²) in [5.74, 6) is 1.09. The first-order chi connectivity index (χ1) is 15.4. The SMILES string of the molecule is COc1ccc(Br)cc1C(=O)N/N=C\c1cc(Br)c(OCc2ccccc2Cl)c(OC)c1. The van der Waals surface area contributed by atoms with Crippen molar-refractivity contribution in [3.63, 3.8) is 0 Å². The van der Waals surface area contributed by atoms with Gasteiger partial charge in [0.25, 0.3) is 5.91 Å². The molecule has 3 aromatic carbocycles. The molecule has 166 valence electrons. The zero-order chi connectivity index (χ0) is 23.1. The smallest absolute Gasteiger partial charge is 0.275 e. The number of halogens is 3. The second-order valence-corrected chi connectivity index (χ2v) is 8.64. The number of hydrazone groups is 1. The number of carbonyl (C=O) groups is 1. The van der Waals surface area contributed by atoms with Gasteiger partial charge in [-0.1, -0.05) is 45.7 Å². The molecule has 3 rings (SSSR count). The van der Waals surface area contributed by atoms with E-state index in [1.165, 1.54) is 13.3 Å². The Hall–Kier alpha value is -2.55. The van der Waals surface area contributed by atoms with Gasteiger partial charge in [-0.3, -0.25) is 4.79 Å². The second kappa shape index (κ2) is 11.4. The first-order valence-corrected chi connectivity index (χ1v) is 11.3. The van der Waals surface area contributed by atoms with Crippen molar-refractivity contribution < 1.29 is 19.0 Å². The van der Waals surface area contributed by atoms with Gasteiger partial charge in [0.15, 0.2) is 11.5 Å². The van der Waals surface area contributed by atoms with Gasteiger partial charge in [0, 0.05) is 15.1 Å². The fourth-order valence-corrected chi connectivity index (χ4v) is 3.93. The molecular formula is C23H19Br2ClN2O4. The number of methoxy groups -OCH3 is 2. The van der Waals surface area contributed by atoms with E-state index >= 15 is 0 Å². The Kier molecular flexibility index (Phi) is 8.55. The molecule has 0 saturated heterocycles. The predicted molar refractivity (Wildman–Crippen MR) is 132 cm³/mol. The lowest BCUT2D eigenvalue weighted by atomic mass is 10.2. The first-order valence-electron chi connectivity index (χ1n) is 9.33. The molecule has 9 heteroatoms. The Balaban J connectivity index is 1.73. The zero-order valence-electron chi connectivity index (χ0n) is 17.2. The molecule has 1 N–H and O–H groups in total. The summed E-state index contributed by atoms with van der Waals surface area (Å²) in [6, 6.07) is 16.2. The molecule has 0 radical (unpaired) electrons. The van der Waals surface area contributed by atoms with Gasteiger partial charge in [0.1, 0.15) is 12.4 Å². The number of benzene rings is 3. The second-order valence-electron chi connectivity index (χ2n) is 6.46. The normalized spacial score (nSPS) is 10.8. The lowest BCUT2D eigenvalue weighted by Crippen LogP contribution is -2.18. The lowest BCUT2D eigenvalue weighted by molar-refractivity contribution is 0.0952. The van der Waals surface area contributed by atoms with Crippen molar-refractivity contribution >= 4 is 55.6 Å². The molecule has 0 aliphatic rings. The minimum Gasteiger partial charge on any atom is -0.496 e. The summed E-state index contributed by atoms with van der Waals surface area (Å²) in [4.78, 5) is 12.5. The quantitative estimate of drug-likeness (QED) is 0.253. The van der Waals surface area contributed by atoms with Crippen LogP contribution in [0.1, 0.15) is 21.5 Å². The highest BCUT2D eigenvalue weighted by atomic mass is 79.9. The summed E-state index contributed by atoms with van der Waals surface area (Å²) in [6.45, 7) is 0.284. The highest BCUT2D eigenvalue weighted by Gasteiger charge is 2.14. The van der Waals surface area contributed by atoms with Crippen molar-refractivity contribution in [1.82, 2.24) is 5.43 Å². The van der Waals surface area contributed by atoms with Crippen LogP contribution in [0.25, 0.3) is 0 Å². The van der Waals surface area contributed by atoms with Crippen LogP contribution in [0, 0.1) is 0 Å². The van der Waals surface area contributed by atoms with E-state index in [1.54, 1.807) is 37.4 Å². The Morgan fingerprint density at radius 3 is 2.53 bits per heavy atom. The van der Waals surface area contributed by atoms with Crippen molar-refractivity contribution in [2.75, 3.05) is 14.2 Å². The molecule has 0 atom stereocenters. The van der Waals surface area contributed by atoms with Gasteiger partial charge in [-0.05, 0) is 57.9 Å². The summed E-state index contributed by atoms with van der Waals surface area (Å²) in [5, 5.41) is 4.67. The summed E-state index contributed by atoms with van der Waals surface area (Å²) in [5.41, 5.74) is 4.42. The first kappa shape index (κ1) is 24.1. The van der Waals surface area contributed by atoms with Crippen molar-refractivity contribution in [3.05, 3.63) is 85.3 Å². The number of ether oxygens (including phenoxy) is 3. The average Bonchev–Trinajstić information content (AvgIpc) is 2.79. The fourth-order valence-electron chi connectivity index (χ4n) is 2.80. The Morgan fingerprint density at radius 2 is 1.81 bits per heavy atom. The van der Waals surface area contributed by atoms with Gasteiger partial charge in [-0.2, -0.15) is 5.10 Å². The largest absolute Gasteiger partial charge is 0.496 e. The van der Waals surface area contributed by atoms with E-state index in [4.69, 9.17) is 25.8 Å². The van der Waals surface area contributed by atoms with Crippen LogP contribution in [0.2, 0.25) is 5.02 Å². The van der Waals surface area contributed by atoms with E-state index in [-0.39, 0.29) is 6.61 Å². The van der Waals surface area contributed by atoms with E-state index in [0.717, 1.165) is 10.0 Å². The number of amides is 1. The molecule has 32 heavy (non-hydrogen) atoms. The molecule has 0 bridgehead atoms. The molecule has 0 heterocycles. The molecule has 3 aromatic rings. The van der Waals surface area contributed by atoms with Gasteiger partial charge in [-0.15, -0.1) is 0 Å². The Morgan fingerprint density at radius 1 is 1.06 bits per heavy atom. The van der Waals surface area contributed by atoms with E-state index in [9.17, 15) is 4.79 Å². The predicted octanol–water partition coefficient (Wildman–Crippen LogP) is 6.23. The molecule has 6 nitrogen and oxygen atoms in total. The van der Waals surface area contributed by atoms with Crippen molar-refractivity contribution in [2.45, 2.75) is 6.61 Å². The van der Waals surface area contributed by atoms with Crippen molar-refractivity contribution in [2.24, 2.45) is 5.10 Å². The van der Waals surface area contributed by atoms with Gasteiger partial charge in [-0.25, -0.2) is 5.43 Å². The standard InChI is InChI=1S/C23H19Br2ClN2O4/c1-30-20-8-7-16(24)11-17(20)23(29)28-27-12-14-9-18(25)22(21(10-14)31-2)32-13-15-5-3-4-6-19(15)26/h3-12H,13H2,1-2H3,(H,28,29)/b27-12-. The Labute approximate surface area is 207 Å². The molecule has 0 unspecified atom stereocenters. The van der Waals surface area contributed by atoms with Crippen LogP contribution in [-0.4, -0.2) is 26.3 Å². The monoisotopic (exact) mass is 580 g/mol. The van der Waals surface area contributed by atoms with Crippen LogP contribution in [-0.2, 0) is 6.61 Å². The number of nitrogens with one attached hydrogen (secondary N) is 1. The molecule has 0 spiro atoms. The van der Waals surface area contributed by atoms with Crippen molar-refractivity contribution in [1.29, 1.82) is 0 Å². The third-order valence-electron chi connectivity index (χ3n) is 4.37. The van der Waals surface area contributed by atoms with Gasteiger partial charge in [0.2, 0.25) is 0 Å². The molecule has 0 saturated carbocycles. The third kappa shape index (κ3) is 6.03. The lowest BCUT2D eigenvalue weighted by Gasteiger charge is -2.14. The third-order valence-corrected chi connectivity index (χ3v) is 5.82. The summed E-state index contributed by atoms with van der Waals surface area (Å²) < 4.78 is 18.1. The topological polar surface area (TPSA) is 69.2 Å². The molecule has 0 aromatic heterocycles. The molecule has 0 fully saturated rings. The molecular weight excluding hydrogens is 564 g/mol. The maximum Gasteiger partial charge on any atom is 0.275 e. The number of hydrogen-bond donors (Lipinski definition) is 1. The van der Waals surface area contributed by atoms with E-state index in [2.05, 4.69) is 42.4 Å². The summed E-state index contributed by atoms with van der Waals surface area (Å²) in [7, 11) is 3.05. The number of rotatable bonds is 8. The van der Waals surface area contributed by atoms with Crippen LogP contribution in [0.4, 0.5) is 0 Å². The average molecular weight is 583 g/mol. The van der Waals surface area contributed by atoms with Crippen LogP contribution in [0.5, 0.6) is 17.2 Å². The van der Waals surface area contributed by atoms with E-state index < -0.39 is 5.91 Å². The Bertz CT molecular complexity index is 1150. The maximum atomic E-state index is 12.5. The number of carbonyl (C=O) groups excluding carboxylic acids is 1. The van der Waals surface area contributed by atoms with Gasteiger partial charge in [0.05, 0.1) is 30.5 Å². The number of nitrogens with zero attached hydrogens (tertiary/aromatic N) is 1. The fraction of sp³-hybridized carbons (Fsp3) is 0.130. The molecule has 1 amide bonds. The van der Waals surface area contributed by atoms with Crippen molar-refractivity contribution in [3.8, 4) is 17.2 Å². The molecule has 0 aliphatic carbocycles. The van der Waals surface area contributed by atoms with Gasteiger partial charge < -0.3 is 14.2 Å². The van der Waals surface area contributed by atoms with E-state index in [0.29, 0.717) is 37.9 Å². The maximum absolute atomic E-state index is 12.5. The van der Waals surface area contributed by atoms with Crippen LogP contribution < -0.4 is 19.6 Å². The minimum absolute atomic E-state index is 0.284. The van der Waals surface area contributed by atoms with Crippen LogP contribution >= 0.6 is 43.5 Å². The van der Waals surface area contributed by atoms with Crippen LogP contribution in [0.3, 0.4) is 0 Å². The summed E-state index contributed by atoms with van der Waals surface area (Å²) in [6.07, 6.45) is 1.51. The minimum atomic E-state index is -0.398. The highest BCUT2D eigenvalue weighted by molar-refractivity contribution is 9.10. The van der Waals surface area contributed by atoms with Gasteiger partial charge >= 0.3 is 0 Å². The molecule has 0 aliphatic heterocycles. The van der Waals surface area contributed by atoms with Crippen LogP contribution in [0.15, 0.2) is 68.6 Å². The highest BCUT2D eigenvalue weighted by Crippen LogP contribution is 2.37. The summed E-state index contributed by atoms with van der Waals surface area (Å²) >= 11 is 13.1. The number of hydrogen-bond acceptors (Lipinski definition) is 5. The van der Waals surface area contributed by atoms with E-state index in [1.807, 2.05) is 24.3 Å².